The van der Waals surface area contributed by atoms with E-state index in [2.05, 4.69) is 17.2 Å². The average molecular weight is 266 g/mol. The summed E-state index contributed by atoms with van der Waals surface area (Å²) in [4.78, 5) is 12.8. The number of nitrogens with two attached hydrogens (primary N) is 1. The third-order valence-corrected chi connectivity index (χ3v) is 2.98. The Bertz CT molecular complexity index is 469. The van der Waals surface area contributed by atoms with Crippen LogP contribution < -0.4 is 11.1 Å². The second-order valence-electron chi connectivity index (χ2n) is 4.48. The van der Waals surface area contributed by atoms with Crippen LogP contribution in [0.2, 0.25) is 0 Å². The fourth-order valence-electron chi connectivity index (χ4n) is 1.44. The molecule has 0 atom stereocenters. The molecule has 0 saturated heterocycles. The van der Waals surface area contributed by atoms with Gasteiger partial charge >= 0.3 is 0 Å². The van der Waals surface area contributed by atoms with Gasteiger partial charge in [0.25, 0.3) is 5.91 Å². The lowest BCUT2D eigenvalue weighted by Gasteiger charge is -2.24. The van der Waals surface area contributed by atoms with E-state index in [1.807, 2.05) is 13.8 Å². The SMILES string of the molecule is COCC(C)(C)NC(=O)c1csc(C#CCN)c1. The van der Waals surface area contributed by atoms with Crippen molar-refractivity contribution in [3.63, 3.8) is 0 Å². The van der Waals surface area contributed by atoms with Crippen molar-refractivity contribution in [2.75, 3.05) is 20.3 Å². The fourth-order valence-corrected chi connectivity index (χ4v) is 2.19. The van der Waals surface area contributed by atoms with Gasteiger partial charge in [-0.15, -0.1) is 11.3 Å². The van der Waals surface area contributed by atoms with Gasteiger partial charge in [0.1, 0.15) is 0 Å². The molecule has 5 heteroatoms. The Morgan fingerprint density at radius 1 is 1.61 bits per heavy atom. The van der Waals surface area contributed by atoms with Gasteiger partial charge in [-0.2, -0.15) is 0 Å². The number of hydrogen-bond acceptors (Lipinski definition) is 4. The minimum atomic E-state index is -0.392. The van der Waals surface area contributed by atoms with Gasteiger partial charge in [-0.1, -0.05) is 11.8 Å². The Morgan fingerprint density at radius 2 is 2.33 bits per heavy atom. The minimum Gasteiger partial charge on any atom is -0.382 e. The zero-order chi connectivity index (χ0) is 13.6. The number of carbonyl (C=O) groups excluding carboxylic acids is 1. The number of hydrogen-bond donors (Lipinski definition) is 2. The number of ether oxygens (including phenoxy) is 1. The first kappa shape index (κ1) is 14.7. The molecule has 4 nitrogen and oxygen atoms in total. The quantitative estimate of drug-likeness (QED) is 0.805. The second-order valence-corrected chi connectivity index (χ2v) is 5.39. The van der Waals surface area contributed by atoms with E-state index in [1.54, 1.807) is 18.6 Å². The van der Waals surface area contributed by atoms with Gasteiger partial charge in [0, 0.05) is 12.5 Å². The Balaban J connectivity index is 2.70. The molecule has 0 saturated carbocycles. The molecule has 0 aliphatic rings. The Labute approximate surface area is 112 Å². The van der Waals surface area contributed by atoms with Gasteiger partial charge in [-0.05, 0) is 19.9 Å². The van der Waals surface area contributed by atoms with Crippen molar-refractivity contribution in [1.82, 2.24) is 5.32 Å². The molecule has 1 rings (SSSR count). The number of thiophene rings is 1. The highest BCUT2D eigenvalue weighted by Gasteiger charge is 2.21. The zero-order valence-corrected chi connectivity index (χ0v) is 11.7. The molecule has 98 valence electrons. The lowest BCUT2D eigenvalue weighted by Crippen LogP contribution is -2.46. The van der Waals surface area contributed by atoms with Crippen LogP contribution in [0.5, 0.6) is 0 Å². The first-order chi connectivity index (χ1) is 8.48. The summed E-state index contributed by atoms with van der Waals surface area (Å²) in [6.07, 6.45) is 0. The summed E-state index contributed by atoms with van der Waals surface area (Å²) in [6, 6.07) is 1.77. The van der Waals surface area contributed by atoms with E-state index >= 15 is 0 Å². The summed E-state index contributed by atoms with van der Waals surface area (Å²) >= 11 is 1.44. The topological polar surface area (TPSA) is 64.3 Å². The molecular weight excluding hydrogens is 248 g/mol. The van der Waals surface area contributed by atoms with Gasteiger partial charge in [-0.25, -0.2) is 0 Å². The summed E-state index contributed by atoms with van der Waals surface area (Å²) in [7, 11) is 1.61. The molecule has 0 unspecified atom stereocenters. The predicted octanol–water partition coefficient (Wildman–Crippen LogP) is 1.21. The minimum absolute atomic E-state index is 0.117. The molecule has 0 spiro atoms. The lowest BCUT2D eigenvalue weighted by atomic mass is 10.1. The third kappa shape index (κ3) is 4.49. The van der Waals surface area contributed by atoms with E-state index in [-0.39, 0.29) is 5.91 Å². The number of rotatable bonds is 4. The highest BCUT2D eigenvalue weighted by atomic mass is 32.1. The van der Waals surface area contributed by atoms with Crippen molar-refractivity contribution < 1.29 is 9.53 Å². The largest absolute Gasteiger partial charge is 0.382 e. The fraction of sp³-hybridized carbons (Fsp3) is 0.462. The average Bonchev–Trinajstić information content (AvgIpc) is 2.74. The van der Waals surface area contributed by atoms with Crippen LogP contribution in [0.1, 0.15) is 29.1 Å². The molecule has 1 heterocycles. The smallest absolute Gasteiger partial charge is 0.252 e. The highest BCUT2D eigenvalue weighted by Crippen LogP contribution is 2.14. The monoisotopic (exact) mass is 266 g/mol. The van der Waals surface area contributed by atoms with Crippen molar-refractivity contribution >= 4 is 17.2 Å². The summed E-state index contributed by atoms with van der Waals surface area (Å²) in [5.74, 6) is 5.55. The summed E-state index contributed by atoms with van der Waals surface area (Å²) in [6.45, 7) is 4.61. The Hall–Kier alpha value is -1.35. The van der Waals surface area contributed by atoms with Crippen LogP contribution in [0.4, 0.5) is 0 Å². The molecule has 1 aromatic rings. The highest BCUT2D eigenvalue weighted by molar-refractivity contribution is 7.10. The van der Waals surface area contributed by atoms with Crippen molar-refractivity contribution in [2.45, 2.75) is 19.4 Å². The van der Waals surface area contributed by atoms with Crippen LogP contribution >= 0.6 is 11.3 Å². The molecule has 0 aliphatic heterocycles. The molecule has 1 amide bonds. The number of amides is 1. The molecular formula is C13H18N2O2S. The zero-order valence-electron chi connectivity index (χ0n) is 10.9. The molecule has 0 fully saturated rings. The van der Waals surface area contributed by atoms with E-state index < -0.39 is 5.54 Å². The summed E-state index contributed by atoms with van der Waals surface area (Å²) < 4.78 is 5.05. The molecule has 0 radical (unpaired) electrons. The van der Waals surface area contributed by atoms with Crippen LogP contribution in [0, 0.1) is 11.8 Å². The standard InChI is InChI=1S/C13H18N2O2S/c1-13(2,9-17-3)15-12(16)10-7-11(18-8-10)5-4-6-14/h7-8H,6,9,14H2,1-3H3,(H,15,16). The Morgan fingerprint density at radius 3 is 2.94 bits per heavy atom. The molecule has 18 heavy (non-hydrogen) atoms. The first-order valence-electron chi connectivity index (χ1n) is 5.57. The van der Waals surface area contributed by atoms with Gasteiger partial charge in [-0.3, -0.25) is 4.79 Å². The normalized spacial score (nSPS) is 10.7. The van der Waals surface area contributed by atoms with E-state index in [1.165, 1.54) is 11.3 Å². The van der Waals surface area contributed by atoms with Gasteiger partial charge in [0.15, 0.2) is 0 Å². The van der Waals surface area contributed by atoms with Crippen LogP contribution in [0.15, 0.2) is 11.4 Å². The molecule has 1 aromatic heterocycles. The van der Waals surface area contributed by atoms with Crippen molar-refractivity contribution in [1.29, 1.82) is 0 Å². The number of nitrogens with one attached hydrogen (secondary N) is 1. The Kier molecular flexibility index (Phi) is 5.35. The van der Waals surface area contributed by atoms with Crippen LogP contribution in [0.25, 0.3) is 0 Å². The van der Waals surface area contributed by atoms with E-state index in [9.17, 15) is 4.79 Å². The van der Waals surface area contributed by atoms with Gasteiger partial charge < -0.3 is 15.8 Å². The predicted molar refractivity (Wildman–Crippen MR) is 73.7 cm³/mol. The third-order valence-electron chi connectivity index (χ3n) is 2.13. The summed E-state index contributed by atoms with van der Waals surface area (Å²) in [5.41, 5.74) is 5.52. The van der Waals surface area contributed by atoms with Gasteiger partial charge in [0.2, 0.25) is 0 Å². The second kappa shape index (κ2) is 6.55. The van der Waals surface area contributed by atoms with Gasteiger partial charge in [0.05, 0.1) is 29.1 Å². The molecule has 3 N–H and O–H groups in total. The van der Waals surface area contributed by atoms with Crippen molar-refractivity contribution in [3.05, 3.63) is 21.9 Å². The van der Waals surface area contributed by atoms with Crippen molar-refractivity contribution in [2.24, 2.45) is 5.73 Å². The van der Waals surface area contributed by atoms with E-state index in [0.29, 0.717) is 18.7 Å². The van der Waals surface area contributed by atoms with E-state index in [4.69, 9.17) is 10.5 Å². The lowest BCUT2D eigenvalue weighted by molar-refractivity contribution is 0.0820. The molecule has 0 aromatic carbocycles. The summed E-state index contributed by atoms with van der Waals surface area (Å²) in [5, 5.41) is 4.70. The maximum absolute atomic E-state index is 12.0. The van der Waals surface area contributed by atoms with Crippen LogP contribution in [-0.4, -0.2) is 31.7 Å². The molecule has 0 bridgehead atoms. The van der Waals surface area contributed by atoms with Crippen LogP contribution in [-0.2, 0) is 4.74 Å². The molecule has 0 aliphatic carbocycles. The first-order valence-corrected chi connectivity index (χ1v) is 6.45. The maximum Gasteiger partial charge on any atom is 0.252 e. The maximum atomic E-state index is 12.0. The van der Waals surface area contributed by atoms with Crippen LogP contribution in [0.3, 0.4) is 0 Å². The number of carbonyl (C=O) groups is 1. The van der Waals surface area contributed by atoms with E-state index in [0.717, 1.165) is 4.88 Å². The van der Waals surface area contributed by atoms with Crippen molar-refractivity contribution in [3.8, 4) is 11.8 Å². The number of methoxy groups -OCH3 is 1.